The Balaban J connectivity index is 2.85. The van der Waals surface area contributed by atoms with Crippen LogP contribution in [0.2, 0.25) is 0 Å². The van der Waals surface area contributed by atoms with E-state index in [0.717, 1.165) is 0 Å². The van der Waals surface area contributed by atoms with E-state index >= 15 is 0 Å². The second-order valence-electron chi connectivity index (χ2n) is 3.93. The van der Waals surface area contributed by atoms with Crippen molar-refractivity contribution < 1.29 is 27.5 Å². The van der Waals surface area contributed by atoms with Crippen molar-refractivity contribution in [2.24, 2.45) is 0 Å². The molecule has 0 fully saturated rings. The fourth-order valence-electron chi connectivity index (χ4n) is 1.59. The van der Waals surface area contributed by atoms with E-state index in [9.17, 15) is 18.0 Å². The number of benzene rings is 1. The Morgan fingerprint density at radius 2 is 1.85 bits per heavy atom. The zero-order valence-corrected chi connectivity index (χ0v) is 12.1. The molecule has 0 saturated heterocycles. The molecule has 0 aromatic heterocycles. The Kier molecular flexibility index (Phi) is 5.69. The van der Waals surface area contributed by atoms with Crippen LogP contribution in [0.5, 0.6) is 5.75 Å². The van der Waals surface area contributed by atoms with Crippen LogP contribution in [0.15, 0.2) is 29.2 Å². The molecular formula is C13H16O6S. The third-order valence-corrected chi connectivity index (χ3v) is 4.11. The third kappa shape index (κ3) is 4.34. The molecule has 0 amide bonds. The highest BCUT2D eigenvalue weighted by molar-refractivity contribution is 7.92. The molecule has 0 aliphatic rings. The molecule has 6 nitrogen and oxygen atoms in total. The SMILES string of the molecule is CCOC(=O)CC(=O)CS(=O)(=O)c1ccccc1OC. The lowest BCUT2D eigenvalue weighted by atomic mass is 10.3. The summed E-state index contributed by atoms with van der Waals surface area (Å²) in [5, 5.41) is 0. The third-order valence-electron chi connectivity index (χ3n) is 2.40. The maximum atomic E-state index is 12.1. The average molecular weight is 300 g/mol. The molecule has 0 radical (unpaired) electrons. The first-order valence-electron chi connectivity index (χ1n) is 5.93. The average Bonchev–Trinajstić information content (AvgIpc) is 2.38. The summed E-state index contributed by atoms with van der Waals surface area (Å²) in [6.07, 6.45) is -0.553. The van der Waals surface area contributed by atoms with Gasteiger partial charge in [-0.15, -0.1) is 0 Å². The van der Waals surface area contributed by atoms with Gasteiger partial charge in [0.25, 0.3) is 0 Å². The minimum atomic E-state index is -3.85. The predicted octanol–water partition coefficient (Wildman–Crippen LogP) is 0.991. The van der Waals surface area contributed by atoms with Crippen LogP contribution in [-0.4, -0.2) is 39.6 Å². The molecule has 1 aromatic carbocycles. The van der Waals surface area contributed by atoms with Gasteiger partial charge in [-0.05, 0) is 19.1 Å². The summed E-state index contributed by atoms with van der Waals surface area (Å²) in [5.74, 6) is -2.04. The molecule has 110 valence electrons. The lowest BCUT2D eigenvalue weighted by molar-refractivity contribution is -0.145. The molecule has 0 atom stereocenters. The van der Waals surface area contributed by atoms with E-state index in [1.54, 1.807) is 13.0 Å². The number of esters is 1. The number of para-hydroxylation sites is 1. The highest BCUT2D eigenvalue weighted by Gasteiger charge is 2.24. The Labute approximate surface area is 117 Å². The van der Waals surface area contributed by atoms with Crippen LogP contribution in [-0.2, 0) is 24.2 Å². The van der Waals surface area contributed by atoms with Crippen molar-refractivity contribution in [1.82, 2.24) is 0 Å². The molecule has 1 aromatic rings. The van der Waals surface area contributed by atoms with Gasteiger partial charge in [0.2, 0.25) is 0 Å². The summed E-state index contributed by atoms with van der Waals surface area (Å²) in [6, 6.07) is 6.00. The first kappa shape index (κ1) is 16.2. The topological polar surface area (TPSA) is 86.7 Å². The van der Waals surface area contributed by atoms with Crippen molar-refractivity contribution in [3.05, 3.63) is 24.3 Å². The van der Waals surface area contributed by atoms with Crippen LogP contribution < -0.4 is 4.74 Å². The highest BCUT2D eigenvalue weighted by Crippen LogP contribution is 2.24. The zero-order valence-electron chi connectivity index (χ0n) is 11.3. The summed E-state index contributed by atoms with van der Waals surface area (Å²) in [4.78, 5) is 22.7. The smallest absolute Gasteiger partial charge is 0.313 e. The second-order valence-corrected chi connectivity index (χ2v) is 5.89. The molecular weight excluding hydrogens is 284 g/mol. The molecule has 0 heterocycles. The summed E-state index contributed by atoms with van der Waals surface area (Å²) in [6.45, 7) is 1.75. The molecule has 20 heavy (non-hydrogen) atoms. The molecule has 0 aliphatic carbocycles. The van der Waals surface area contributed by atoms with E-state index in [1.165, 1.54) is 25.3 Å². The molecule has 0 spiro atoms. The molecule has 0 unspecified atom stereocenters. The lowest BCUT2D eigenvalue weighted by Crippen LogP contribution is -2.20. The summed E-state index contributed by atoms with van der Waals surface area (Å²) in [5.41, 5.74) is 0. The number of Topliss-reactive ketones (excluding diaryl/α,β-unsaturated/α-hetero) is 1. The number of hydrogen-bond donors (Lipinski definition) is 0. The zero-order chi connectivity index (χ0) is 15.2. The molecule has 0 bridgehead atoms. The van der Waals surface area contributed by atoms with Crippen LogP contribution in [0, 0.1) is 0 Å². The van der Waals surface area contributed by atoms with Gasteiger partial charge >= 0.3 is 5.97 Å². The van der Waals surface area contributed by atoms with Gasteiger partial charge in [0.05, 0.1) is 13.7 Å². The van der Waals surface area contributed by atoms with E-state index in [0.29, 0.717) is 0 Å². The van der Waals surface area contributed by atoms with Crippen LogP contribution in [0.25, 0.3) is 0 Å². The number of rotatable bonds is 7. The van der Waals surface area contributed by atoms with Gasteiger partial charge in [-0.3, -0.25) is 9.59 Å². The van der Waals surface area contributed by atoms with Crippen molar-refractivity contribution >= 4 is 21.6 Å². The van der Waals surface area contributed by atoms with Crippen LogP contribution in [0.3, 0.4) is 0 Å². The number of ketones is 1. The first-order valence-corrected chi connectivity index (χ1v) is 7.59. The molecule has 1 rings (SSSR count). The van der Waals surface area contributed by atoms with Crippen molar-refractivity contribution in [3.63, 3.8) is 0 Å². The molecule has 0 saturated carbocycles. The first-order chi connectivity index (χ1) is 9.40. The van der Waals surface area contributed by atoms with Gasteiger partial charge in [0, 0.05) is 0 Å². The van der Waals surface area contributed by atoms with Crippen LogP contribution >= 0.6 is 0 Å². The van der Waals surface area contributed by atoms with E-state index < -0.39 is 33.8 Å². The van der Waals surface area contributed by atoms with Crippen molar-refractivity contribution in [2.75, 3.05) is 19.5 Å². The fourth-order valence-corrected chi connectivity index (χ4v) is 3.01. The van der Waals surface area contributed by atoms with Crippen LogP contribution in [0.4, 0.5) is 0 Å². The van der Waals surface area contributed by atoms with E-state index in [-0.39, 0.29) is 17.3 Å². The van der Waals surface area contributed by atoms with E-state index in [1.807, 2.05) is 0 Å². The monoisotopic (exact) mass is 300 g/mol. The Hall–Kier alpha value is -1.89. The van der Waals surface area contributed by atoms with Crippen molar-refractivity contribution in [3.8, 4) is 5.75 Å². The number of hydrogen-bond acceptors (Lipinski definition) is 6. The number of ether oxygens (including phenoxy) is 2. The normalized spacial score (nSPS) is 10.9. The maximum absolute atomic E-state index is 12.1. The number of methoxy groups -OCH3 is 1. The van der Waals surface area contributed by atoms with Gasteiger partial charge < -0.3 is 9.47 Å². The number of carbonyl (C=O) groups is 2. The molecule has 7 heteroatoms. The van der Waals surface area contributed by atoms with Crippen LogP contribution in [0.1, 0.15) is 13.3 Å². The summed E-state index contributed by atoms with van der Waals surface area (Å²) < 4.78 is 33.8. The van der Waals surface area contributed by atoms with Crippen molar-refractivity contribution in [1.29, 1.82) is 0 Å². The maximum Gasteiger partial charge on any atom is 0.313 e. The Morgan fingerprint density at radius 3 is 2.45 bits per heavy atom. The van der Waals surface area contributed by atoms with Gasteiger partial charge in [-0.1, -0.05) is 12.1 Å². The van der Waals surface area contributed by atoms with Gasteiger partial charge in [0.1, 0.15) is 22.8 Å². The number of carbonyl (C=O) groups excluding carboxylic acids is 2. The lowest BCUT2D eigenvalue weighted by Gasteiger charge is -2.08. The Morgan fingerprint density at radius 1 is 1.20 bits per heavy atom. The highest BCUT2D eigenvalue weighted by atomic mass is 32.2. The van der Waals surface area contributed by atoms with Gasteiger partial charge in [-0.2, -0.15) is 0 Å². The van der Waals surface area contributed by atoms with Crippen molar-refractivity contribution in [2.45, 2.75) is 18.2 Å². The Bertz CT molecular complexity index is 591. The fraction of sp³-hybridized carbons (Fsp3) is 0.385. The largest absolute Gasteiger partial charge is 0.495 e. The van der Waals surface area contributed by atoms with Gasteiger partial charge in [-0.25, -0.2) is 8.42 Å². The minimum Gasteiger partial charge on any atom is -0.495 e. The molecule has 0 aliphatic heterocycles. The molecule has 0 N–H and O–H groups in total. The van der Waals surface area contributed by atoms with E-state index in [2.05, 4.69) is 4.74 Å². The quantitative estimate of drug-likeness (QED) is 0.551. The van der Waals surface area contributed by atoms with E-state index in [4.69, 9.17) is 4.74 Å². The minimum absolute atomic E-state index is 0.0697. The second kappa shape index (κ2) is 7.04. The number of sulfone groups is 1. The van der Waals surface area contributed by atoms with Gasteiger partial charge in [0.15, 0.2) is 15.6 Å². The summed E-state index contributed by atoms with van der Waals surface area (Å²) in [7, 11) is -2.50. The summed E-state index contributed by atoms with van der Waals surface area (Å²) >= 11 is 0. The predicted molar refractivity (Wildman–Crippen MR) is 71.3 cm³/mol. The standard InChI is InChI=1S/C13H16O6S/c1-3-19-13(15)8-10(14)9-20(16,17)12-7-5-4-6-11(12)18-2/h4-7H,3,8-9H2,1-2H3.